The summed E-state index contributed by atoms with van der Waals surface area (Å²) in [6.07, 6.45) is 3.71. The molecule has 1 aromatic rings. The van der Waals surface area contributed by atoms with Gasteiger partial charge in [-0.1, -0.05) is 25.5 Å². The molecule has 0 radical (unpaired) electrons. The van der Waals surface area contributed by atoms with E-state index in [1.54, 1.807) is 12.1 Å². The molecule has 1 amide bonds. The van der Waals surface area contributed by atoms with Gasteiger partial charge in [-0.2, -0.15) is 5.10 Å². The third-order valence-electron chi connectivity index (χ3n) is 2.01. The number of hydrogen-bond acceptors (Lipinski definition) is 2. The van der Waals surface area contributed by atoms with Gasteiger partial charge in [0.05, 0.1) is 6.21 Å². The molecule has 0 aliphatic heterocycles. The second-order valence-electron chi connectivity index (χ2n) is 3.45. The Bertz CT molecular complexity index is 377. The molecule has 86 valence electrons. The molecule has 0 saturated heterocycles. The van der Waals surface area contributed by atoms with Crippen LogP contribution in [0, 0.1) is 5.82 Å². The van der Waals surface area contributed by atoms with Crippen LogP contribution in [0.25, 0.3) is 0 Å². The first kappa shape index (κ1) is 12.4. The van der Waals surface area contributed by atoms with Gasteiger partial charge in [0.15, 0.2) is 0 Å². The summed E-state index contributed by atoms with van der Waals surface area (Å²) < 4.78 is 12.8. The van der Waals surface area contributed by atoms with Crippen LogP contribution >= 0.6 is 0 Å². The summed E-state index contributed by atoms with van der Waals surface area (Å²) in [7, 11) is 0. The molecule has 0 spiro atoms. The van der Waals surface area contributed by atoms with Crippen molar-refractivity contribution in [2.24, 2.45) is 5.10 Å². The molecule has 0 atom stereocenters. The first-order valence-corrected chi connectivity index (χ1v) is 5.30. The van der Waals surface area contributed by atoms with Crippen LogP contribution < -0.4 is 5.43 Å². The van der Waals surface area contributed by atoms with E-state index >= 15 is 0 Å². The molecule has 1 N–H and O–H groups in total. The normalized spacial score (nSPS) is 10.6. The summed E-state index contributed by atoms with van der Waals surface area (Å²) in [5.41, 5.74) is 3.01. The molecule has 0 saturated carbocycles. The summed E-state index contributed by atoms with van der Waals surface area (Å²) in [5, 5.41) is 3.74. The fraction of sp³-hybridized carbons (Fsp3) is 0.333. The molecule has 0 heterocycles. The van der Waals surface area contributed by atoms with E-state index in [4.69, 9.17) is 0 Å². The zero-order valence-corrected chi connectivity index (χ0v) is 9.24. The van der Waals surface area contributed by atoms with Gasteiger partial charge in [0.1, 0.15) is 5.82 Å². The number of nitrogens with zero attached hydrogens (tertiary/aromatic N) is 1. The van der Waals surface area contributed by atoms with Crippen LogP contribution in [0.2, 0.25) is 0 Å². The number of carbonyl (C=O) groups excluding carboxylic acids is 1. The van der Waals surface area contributed by atoms with Crippen LogP contribution in [-0.2, 0) is 4.79 Å². The van der Waals surface area contributed by atoms with Crippen molar-refractivity contribution < 1.29 is 9.18 Å². The predicted octanol–water partition coefficient (Wildman–Crippen LogP) is 2.47. The number of halogens is 1. The van der Waals surface area contributed by atoms with Gasteiger partial charge in [0, 0.05) is 6.42 Å². The summed E-state index contributed by atoms with van der Waals surface area (Å²) in [5.74, 6) is -0.434. The quantitative estimate of drug-likeness (QED) is 0.603. The van der Waals surface area contributed by atoms with Crippen molar-refractivity contribution in [2.75, 3.05) is 0 Å². The van der Waals surface area contributed by atoms with Crippen molar-refractivity contribution >= 4 is 12.1 Å². The smallest absolute Gasteiger partial charge is 0.240 e. The van der Waals surface area contributed by atoms with Gasteiger partial charge in [0.2, 0.25) is 5.91 Å². The van der Waals surface area contributed by atoms with E-state index < -0.39 is 0 Å². The lowest BCUT2D eigenvalue weighted by molar-refractivity contribution is -0.121. The predicted molar refractivity (Wildman–Crippen MR) is 61.7 cm³/mol. The number of hydrazone groups is 1. The Balaban J connectivity index is 2.40. The Labute approximate surface area is 94.4 Å². The van der Waals surface area contributed by atoms with Crippen LogP contribution in [0.15, 0.2) is 29.4 Å². The Kier molecular flexibility index (Phi) is 5.19. The van der Waals surface area contributed by atoms with E-state index in [-0.39, 0.29) is 11.7 Å². The highest BCUT2D eigenvalue weighted by Crippen LogP contribution is 2.00. The van der Waals surface area contributed by atoms with E-state index in [1.807, 2.05) is 6.92 Å². The van der Waals surface area contributed by atoms with Crippen LogP contribution in [0.3, 0.4) is 0 Å². The van der Waals surface area contributed by atoms with Gasteiger partial charge >= 0.3 is 0 Å². The monoisotopic (exact) mass is 222 g/mol. The summed E-state index contributed by atoms with van der Waals surface area (Å²) in [6.45, 7) is 2.02. The van der Waals surface area contributed by atoms with Gasteiger partial charge in [0.25, 0.3) is 0 Å². The molecule has 4 heteroatoms. The third-order valence-corrected chi connectivity index (χ3v) is 2.01. The number of rotatable bonds is 5. The van der Waals surface area contributed by atoms with Gasteiger partial charge in [-0.05, 0) is 24.1 Å². The minimum absolute atomic E-state index is 0.116. The van der Waals surface area contributed by atoms with Crippen LogP contribution in [0.5, 0.6) is 0 Å². The lowest BCUT2D eigenvalue weighted by Gasteiger charge is -1.97. The summed E-state index contributed by atoms with van der Waals surface area (Å²) in [6, 6.07) is 6.01. The summed E-state index contributed by atoms with van der Waals surface area (Å²) in [4.78, 5) is 11.2. The van der Waals surface area contributed by atoms with Gasteiger partial charge in [-0.25, -0.2) is 9.82 Å². The number of carbonyl (C=O) groups is 1. The molecule has 0 aromatic heterocycles. The number of nitrogens with one attached hydrogen (secondary N) is 1. The largest absolute Gasteiger partial charge is 0.273 e. The molecule has 0 bridgehead atoms. The minimum atomic E-state index is -0.318. The standard InChI is InChI=1S/C12H15FN2O/c1-2-3-7-12(16)15-14-9-10-5-4-6-11(13)8-10/h4-6,8-9H,2-3,7H2,1H3,(H,15,16). The number of unbranched alkanes of at least 4 members (excludes halogenated alkanes) is 1. The lowest BCUT2D eigenvalue weighted by atomic mass is 10.2. The van der Waals surface area contributed by atoms with Crippen LogP contribution in [0.1, 0.15) is 31.7 Å². The van der Waals surface area contributed by atoms with Crippen molar-refractivity contribution in [1.82, 2.24) is 5.43 Å². The molecule has 0 aliphatic carbocycles. The van der Waals surface area contributed by atoms with Gasteiger partial charge in [-0.15, -0.1) is 0 Å². The average Bonchev–Trinajstić information content (AvgIpc) is 2.26. The fourth-order valence-corrected chi connectivity index (χ4v) is 1.16. The zero-order chi connectivity index (χ0) is 11.8. The Morgan fingerprint density at radius 2 is 2.38 bits per heavy atom. The highest BCUT2D eigenvalue weighted by molar-refractivity contribution is 5.82. The van der Waals surface area contributed by atoms with E-state index in [0.29, 0.717) is 12.0 Å². The van der Waals surface area contributed by atoms with Gasteiger partial charge < -0.3 is 0 Å². The second-order valence-corrected chi connectivity index (χ2v) is 3.45. The highest BCUT2D eigenvalue weighted by Gasteiger charge is 1.97. The fourth-order valence-electron chi connectivity index (χ4n) is 1.16. The van der Waals surface area contributed by atoms with Gasteiger partial charge in [-0.3, -0.25) is 4.79 Å². The average molecular weight is 222 g/mol. The van der Waals surface area contributed by atoms with Crippen molar-refractivity contribution in [3.8, 4) is 0 Å². The molecule has 1 aromatic carbocycles. The maximum absolute atomic E-state index is 12.8. The molecule has 0 fully saturated rings. The molecule has 0 unspecified atom stereocenters. The SMILES string of the molecule is CCCCC(=O)NN=Cc1cccc(F)c1. The molecule has 1 rings (SSSR count). The zero-order valence-electron chi connectivity index (χ0n) is 9.24. The van der Waals surface area contributed by atoms with Crippen LogP contribution in [-0.4, -0.2) is 12.1 Å². The highest BCUT2D eigenvalue weighted by atomic mass is 19.1. The Morgan fingerprint density at radius 3 is 3.06 bits per heavy atom. The number of hydrogen-bond donors (Lipinski definition) is 1. The van der Waals surface area contributed by atoms with Crippen molar-refractivity contribution in [3.63, 3.8) is 0 Å². The maximum Gasteiger partial charge on any atom is 0.240 e. The first-order valence-electron chi connectivity index (χ1n) is 5.30. The second kappa shape index (κ2) is 6.71. The number of benzene rings is 1. The third kappa shape index (κ3) is 4.68. The van der Waals surface area contributed by atoms with Crippen molar-refractivity contribution in [1.29, 1.82) is 0 Å². The van der Waals surface area contributed by atoms with E-state index in [2.05, 4.69) is 10.5 Å². The van der Waals surface area contributed by atoms with E-state index in [9.17, 15) is 9.18 Å². The maximum atomic E-state index is 12.8. The van der Waals surface area contributed by atoms with E-state index in [1.165, 1.54) is 18.3 Å². The molecular formula is C12H15FN2O. The minimum Gasteiger partial charge on any atom is -0.273 e. The first-order chi connectivity index (χ1) is 7.72. The molecule has 0 aliphatic rings. The Morgan fingerprint density at radius 1 is 1.56 bits per heavy atom. The topological polar surface area (TPSA) is 41.5 Å². The number of amides is 1. The summed E-state index contributed by atoms with van der Waals surface area (Å²) >= 11 is 0. The lowest BCUT2D eigenvalue weighted by Crippen LogP contribution is -2.16. The molecule has 3 nitrogen and oxygen atoms in total. The van der Waals surface area contributed by atoms with Crippen molar-refractivity contribution in [2.45, 2.75) is 26.2 Å². The van der Waals surface area contributed by atoms with Crippen molar-refractivity contribution in [3.05, 3.63) is 35.6 Å². The molecular weight excluding hydrogens is 207 g/mol. The van der Waals surface area contributed by atoms with E-state index in [0.717, 1.165) is 12.8 Å². The Hall–Kier alpha value is -1.71. The van der Waals surface area contributed by atoms with Crippen LogP contribution in [0.4, 0.5) is 4.39 Å². The molecule has 16 heavy (non-hydrogen) atoms.